The van der Waals surface area contributed by atoms with Crippen molar-refractivity contribution >= 4 is 44.8 Å². The Kier molecular flexibility index (Phi) is 6.36. The number of anilines is 1. The van der Waals surface area contributed by atoms with Gasteiger partial charge in [0, 0.05) is 16.6 Å². The van der Waals surface area contributed by atoms with Gasteiger partial charge in [0.1, 0.15) is 0 Å². The van der Waals surface area contributed by atoms with E-state index in [9.17, 15) is 9.59 Å². The molecule has 0 saturated carbocycles. The summed E-state index contributed by atoms with van der Waals surface area (Å²) < 4.78 is 11.1. The Morgan fingerprint density at radius 3 is 2.93 bits per heavy atom. The number of aromatic nitrogens is 2. The molecule has 0 radical (unpaired) electrons. The van der Waals surface area contributed by atoms with Gasteiger partial charge < -0.3 is 14.6 Å². The molecule has 0 bridgehead atoms. The third kappa shape index (κ3) is 5.48. The fraction of sp³-hybridized carbons (Fsp3) is 0.222. The van der Waals surface area contributed by atoms with Gasteiger partial charge in [-0.3, -0.25) is 9.59 Å². The van der Waals surface area contributed by atoms with Crippen molar-refractivity contribution in [1.29, 1.82) is 0 Å². The smallest absolute Gasteiger partial charge is 0.306 e. The van der Waals surface area contributed by atoms with Gasteiger partial charge in [-0.15, -0.1) is 11.3 Å². The topological polar surface area (TPSA) is 94.3 Å². The van der Waals surface area contributed by atoms with E-state index in [1.807, 2.05) is 36.6 Å². The summed E-state index contributed by atoms with van der Waals surface area (Å²) in [5.74, 6) is -0.0569. The zero-order valence-electron chi connectivity index (χ0n) is 14.4. The molecule has 1 N–H and O–H groups in total. The van der Waals surface area contributed by atoms with Crippen molar-refractivity contribution in [3.63, 3.8) is 0 Å². The summed E-state index contributed by atoms with van der Waals surface area (Å²) in [5.41, 5.74) is 1.63. The number of carbonyl (C=O) groups is 2. The molecular formula is C18H16BrN3O4S. The standard InChI is InChI=1S/C18H16BrN3O4S/c1-11-9-12(4-5-13(11)19)20-15(23)10-25-17(24)7-6-16-21-18(22-26-16)14-3-2-8-27-14/h2-5,8-9H,6-7,10H2,1H3,(H,20,23). The van der Waals surface area contributed by atoms with Crippen LogP contribution in [0.5, 0.6) is 0 Å². The molecule has 0 atom stereocenters. The minimum absolute atomic E-state index is 0.0523. The van der Waals surface area contributed by atoms with E-state index in [1.54, 1.807) is 6.07 Å². The highest BCUT2D eigenvalue weighted by Crippen LogP contribution is 2.22. The number of nitrogens with one attached hydrogen (secondary N) is 1. The summed E-state index contributed by atoms with van der Waals surface area (Å²) in [5, 5.41) is 8.48. The molecule has 0 saturated heterocycles. The van der Waals surface area contributed by atoms with E-state index in [2.05, 4.69) is 31.4 Å². The van der Waals surface area contributed by atoms with Crippen LogP contribution in [0.25, 0.3) is 10.7 Å². The first-order chi connectivity index (χ1) is 13.0. The number of hydrogen-bond acceptors (Lipinski definition) is 7. The highest BCUT2D eigenvalue weighted by atomic mass is 79.9. The average molecular weight is 450 g/mol. The number of halogens is 1. The molecule has 1 aromatic carbocycles. The molecule has 3 rings (SSSR count). The third-order valence-electron chi connectivity index (χ3n) is 3.56. The second-order valence-corrected chi connectivity index (χ2v) is 7.46. The maximum atomic E-state index is 11.9. The zero-order chi connectivity index (χ0) is 19.2. The molecule has 27 heavy (non-hydrogen) atoms. The number of thiophene rings is 1. The van der Waals surface area contributed by atoms with E-state index in [0.29, 0.717) is 17.4 Å². The van der Waals surface area contributed by atoms with Crippen molar-refractivity contribution in [3.8, 4) is 10.7 Å². The lowest BCUT2D eigenvalue weighted by atomic mass is 10.2. The number of nitrogens with zero attached hydrogens (tertiary/aromatic N) is 2. The molecule has 0 aliphatic carbocycles. The first-order valence-electron chi connectivity index (χ1n) is 8.09. The minimum Gasteiger partial charge on any atom is -0.456 e. The maximum absolute atomic E-state index is 11.9. The van der Waals surface area contributed by atoms with E-state index >= 15 is 0 Å². The largest absolute Gasteiger partial charge is 0.456 e. The molecule has 0 spiro atoms. The fourth-order valence-electron chi connectivity index (χ4n) is 2.21. The minimum atomic E-state index is -0.506. The lowest BCUT2D eigenvalue weighted by molar-refractivity contribution is -0.147. The van der Waals surface area contributed by atoms with Crippen molar-refractivity contribution < 1.29 is 18.8 Å². The van der Waals surface area contributed by atoms with Crippen molar-refractivity contribution in [1.82, 2.24) is 10.1 Å². The monoisotopic (exact) mass is 449 g/mol. The van der Waals surface area contributed by atoms with Gasteiger partial charge in [-0.1, -0.05) is 27.2 Å². The van der Waals surface area contributed by atoms with Crippen molar-refractivity contribution in [2.45, 2.75) is 19.8 Å². The van der Waals surface area contributed by atoms with Gasteiger partial charge in [0.25, 0.3) is 5.91 Å². The number of amides is 1. The van der Waals surface area contributed by atoms with Crippen molar-refractivity contribution in [2.75, 3.05) is 11.9 Å². The van der Waals surface area contributed by atoms with Gasteiger partial charge in [-0.2, -0.15) is 4.98 Å². The summed E-state index contributed by atoms with van der Waals surface area (Å²) in [6.07, 6.45) is 0.307. The fourth-order valence-corrected chi connectivity index (χ4v) is 3.10. The molecule has 9 heteroatoms. The predicted molar refractivity (Wildman–Crippen MR) is 104 cm³/mol. The Bertz CT molecular complexity index is 940. The number of hydrogen-bond donors (Lipinski definition) is 1. The highest BCUT2D eigenvalue weighted by Gasteiger charge is 2.13. The van der Waals surface area contributed by atoms with Gasteiger partial charge in [0.2, 0.25) is 11.7 Å². The summed E-state index contributed by atoms with van der Waals surface area (Å²) in [6, 6.07) is 9.21. The molecule has 0 aliphatic heterocycles. The Balaban J connectivity index is 1.41. The number of aryl methyl sites for hydroxylation is 2. The highest BCUT2D eigenvalue weighted by molar-refractivity contribution is 9.10. The van der Waals surface area contributed by atoms with Crippen LogP contribution in [0.1, 0.15) is 17.9 Å². The van der Waals surface area contributed by atoms with Gasteiger partial charge in [-0.05, 0) is 42.1 Å². The van der Waals surface area contributed by atoms with Crippen molar-refractivity contribution in [3.05, 3.63) is 51.6 Å². The van der Waals surface area contributed by atoms with Crippen LogP contribution in [0.4, 0.5) is 5.69 Å². The number of ether oxygens (including phenoxy) is 1. The normalized spacial score (nSPS) is 10.6. The van der Waals surface area contributed by atoms with E-state index < -0.39 is 11.9 Å². The van der Waals surface area contributed by atoms with Crippen LogP contribution in [-0.4, -0.2) is 28.6 Å². The number of rotatable bonds is 7. The lowest BCUT2D eigenvalue weighted by Crippen LogP contribution is -2.21. The molecule has 3 aromatic rings. The Morgan fingerprint density at radius 1 is 1.33 bits per heavy atom. The van der Waals surface area contributed by atoms with Crippen LogP contribution in [-0.2, 0) is 20.7 Å². The predicted octanol–water partition coefficient (Wildman–Crippen LogP) is 3.98. The molecule has 0 fully saturated rings. The van der Waals surface area contributed by atoms with Gasteiger partial charge in [0.05, 0.1) is 11.3 Å². The van der Waals surface area contributed by atoms with Gasteiger partial charge in [-0.25, -0.2) is 0 Å². The number of esters is 1. The summed E-state index contributed by atoms with van der Waals surface area (Å²) in [7, 11) is 0. The number of benzene rings is 1. The van der Waals surface area contributed by atoms with Crippen molar-refractivity contribution in [2.24, 2.45) is 0 Å². The van der Waals surface area contributed by atoms with Crippen LogP contribution in [0.2, 0.25) is 0 Å². The van der Waals surface area contributed by atoms with Crippen LogP contribution in [0, 0.1) is 6.92 Å². The van der Waals surface area contributed by atoms with E-state index in [-0.39, 0.29) is 19.4 Å². The molecule has 0 aliphatic rings. The Hall–Kier alpha value is -2.52. The van der Waals surface area contributed by atoms with Crippen LogP contribution < -0.4 is 5.32 Å². The quantitative estimate of drug-likeness (QED) is 0.548. The van der Waals surface area contributed by atoms with Crippen LogP contribution in [0.15, 0.2) is 44.7 Å². The van der Waals surface area contributed by atoms with Gasteiger partial charge >= 0.3 is 5.97 Å². The Labute approximate surface area is 167 Å². The first-order valence-corrected chi connectivity index (χ1v) is 9.76. The SMILES string of the molecule is Cc1cc(NC(=O)COC(=O)CCc2nc(-c3cccs3)no2)ccc1Br. The Morgan fingerprint density at radius 2 is 2.19 bits per heavy atom. The second-order valence-electron chi connectivity index (χ2n) is 5.66. The molecule has 2 aromatic heterocycles. The molecule has 0 unspecified atom stereocenters. The number of carbonyl (C=O) groups excluding carboxylic acids is 2. The summed E-state index contributed by atoms with van der Waals surface area (Å²) >= 11 is 4.90. The maximum Gasteiger partial charge on any atom is 0.306 e. The zero-order valence-corrected chi connectivity index (χ0v) is 16.8. The molecule has 2 heterocycles. The van der Waals surface area contributed by atoms with Gasteiger partial charge in [0.15, 0.2) is 6.61 Å². The molecular weight excluding hydrogens is 434 g/mol. The van der Waals surface area contributed by atoms with E-state index in [0.717, 1.165) is 14.9 Å². The third-order valence-corrected chi connectivity index (χ3v) is 5.31. The average Bonchev–Trinajstić information content (AvgIpc) is 3.32. The van der Waals surface area contributed by atoms with Crippen LogP contribution in [0.3, 0.4) is 0 Å². The second kappa shape index (κ2) is 8.92. The molecule has 7 nitrogen and oxygen atoms in total. The molecule has 1 amide bonds. The first kappa shape index (κ1) is 19.2. The lowest BCUT2D eigenvalue weighted by Gasteiger charge is -2.07. The summed E-state index contributed by atoms with van der Waals surface area (Å²) in [6.45, 7) is 1.57. The van der Waals surface area contributed by atoms with Crippen LogP contribution >= 0.6 is 27.3 Å². The summed E-state index contributed by atoms with van der Waals surface area (Å²) in [4.78, 5) is 28.8. The molecule has 140 valence electrons. The van der Waals surface area contributed by atoms with E-state index in [4.69, 9.17) is 9.26 Å². The van der Waals surface area contributed by atoms with E-state index in [1.165, 1.54) is 11.3 Å².